The third-order valence-corrected chi connectivity index (χ3v) is 4.45. The summed E-state index contributed by atoms with van der Waals surface area (Å²) in [4.78, 5) is 4.59. The van der Waals surface area contributed by atoms with E-state index in [0.717, 1.165) is 54.9 Å². The van der Waals surface area contributed by atoms with Crippen molar-refractivity contribution in [3.05, 3.63) is 54.6 Å². The average Bonchev–Trinajstić information content (AvgIpc) is 2.82. The van der Waals surface area contributed by atoms with Crippen molar-refractivity contribution in [2.75, 3.05) is 38.5 Å². The molecule has 0 atom stereocenters. The molecule has 0 spiro atoms. The van der Waals surface area contributed by atoms with Crippen LogP contribution in [0.2, 0.25) is 0 Å². The van der Waals surface area contributed by atoms with Gasteiger partial charge in [0.2, 0.25) is 0 Å². The molecule has 0 aliphatic carbocycles. The molecule has 1 heterocycles. The first-order valence-corrected chi connectivity index (χ1v) is 8.69. The maximum Gasteiger partial charge on any atom is 0.173 e. The zero-order valence-corrected chi connectivity index (χ0v) is 14.8. The van der Waals surface area contributed by atoms with E-state index < -0.39 is 0 Å². The molecule has 0 radical (unpaired) electrons. The first-order valence-electron chi connectivity index (χ1n) is 8.28. The van der Waals surface area contributed by atoms with Gasteiger partial charge in [-0.05, 0) is 68.6 Å². The molecule has 126 valence electrons. The van der Waals surface area contributed by atoms with E-state index in [4.69, 9.17) is 17.0 Å². The average molecular weight is 341 g/mol. The standard InChI is InChI=1S/C19H23N3OS/c1-21-12-5-13-22(15-14-21)19(24)20-16-8-10-18(11-9-16)23-17-6-3-2-4-7-17/h2-4,6-11H,5,12-15H2,1H3,(H,20,24). The highest BCUT2D eigenvalue weighted by atomic mass is 32.1. The van der Waals surface area contributed by atoms with Gasteiger partial charge in [0.25, 0.3) is 0 Å². The van der Waals surface area contributed by atoms with Crippen LogP contribution in [-0.4, -0.2) is 48.1 Å². The monoisotopic (exact) mass is 341 g/mol. The van der Waals surface area contributed by atoms with Gasteiger partial charge in [-0.25, -0.2) is 0 Å². The molecule has 0 amide bonds. The predicted octanol–water partition coefficient (Wildman–Crippen LogP) is 3.81. The van der Waals surface area contributed by atoms with Crippen molar-refractivity contribution in [2.45, 2.75) is 6.42 Å². The number of para-hydroxylation sites is 1. The molecule has 0 saturated carbocycles. The van der Waals surface area contributed by atoms with Crippen LogP contribution in [0.1, 0.15) is 6.42 Å². The molecule has 24 heavy (non-hydrogen) atoms. The van der Waals surface area contributed by atoms with Crippen LogP contribution in [0, 0.1) is 0 Å². The summed E-state index contributed by atoms with van der Waals surface area (Å²) in [5.74, 6) is 1.65. The lowest BCUT2D eigenvalue weighted by Gasteiger charge is -2.24. The van der Waals surface area contributed by atoms with Gasteiger partial charge in [-0.15, -0.1) is 0 Å². The first kappa shape index (κ1) is 16.7. The Balaban J connectivity index is 1.56. The van der Waals surface area contributed by atoms with Crippen molar-refractivity contribution in [3.8, 4) is 11.5 Å². The van der Waals surface area contributed by atoms with E-state index in [1.807, 2.05) is 54.6 Å². The van der Waals surface area contributed by atoms with Crippen LogP contribution >= 0.6 is 12.2 Å². The van der Waals surface area contributed by atoms with Gasteiger partial charge in [-0.3, -0.25) is 0 Å². The number of anilines is 1. The minimum Gasteiger partial charge on any atom is -0.457 e. The molecular formula is C19H23N3OS. The molecule has 1 N–H and O–H groups in total. The molecule has 5 heteroatoms. The van der Waals surface area contributed by atoms with Crippen LogP contribution in [0.3, 0.4) is 0 Å². The van der Waals surface area contributed by atoms with Crippen molar-refractivity contribution >= 4 is 23.0 Å². The number of hydrogen-bond donors (Lipinski definition) is 1. The fraction of sp³-hybridized carbons (Fsp3) is 0.316. The first-order chi connectivity index (χ1) is 11.7. The van der Waals surface area contributed by atoms with E-state index in [1.54, 1.807) is 0 Å². The lowest BCUT2D eigenvalue weighted by molar-refractivity contribution is 0.347. The quantitative estimate of drug-likeness (QED) is 0.857. The molecule has 0 bridgehead atoms. The predicted molar refractivity (Wildman–Crippen MR) is 103 cm³/mol. The molecule has 3 rings (SSSR count). The minimum atomic E-state index is 0.794. The van der Waals surface area contributed by atoms with Gasteiger partial charge in [0.05, 0.1) is 0 Å². The number of likely N-dealkylation sites (N-methyl/N-ethyl adjacent to an activating group) is 1. The Labute approximate surface area is 149 Å². The Morgan fingerprint density at radius 3 is 2.38 bits per heavy atom. The number of thiocarbonyl (C=S) groups is 1. The zero-order chi connectivity index (χ0) is 16.8. The smallest absolute Gasteiger partial charge is 0.173 e. The Morgan fingerprint density at radius 1 is 0.917 bits per heavy atom. The number of hydrogen-bond acceptors (Lipinski definition) is 3. The number of rotatable bonds is 3. The lowest BCUT2D eigenvalue weighted by Crippen LogP contribution is -2.37. The van der Waals surface area contributed by atoms with Crippen LogP contribution in [0.5, 0.6) is 11.5 Å². The SMILES string of the molecule is CN1CCCN(C(=S)Nc2ccc(Oc3ccccc3)cc2)CC1. The van der Waals surface area contributed by atoms with Gasteiger partial charge in [0.15, 0.2) is 5.11 Å². The Morgan fingerprint density at radius 2 is 1.62 bits per heavy atom. The van der Waals surface area contributed by atoms with E-state index in [2.05, 4.69) is 22.2 Å². The normalized spacial score (nSPS) is 15.6. The molecule has 1 aliphatic heterocycles. The van der Waals surface area contributed by atoms with Gasteiger partial charge in [0.1, 0.15) is 11.5 Å². The molecule has 4 nitrogen and oxygen atoms in total. The number of nitrogens with zero attached hydrogens (tertiary/aromatic N) is 2. The van der Waals surface area contributed by atoms with Gasteiger partial charge in [0, 0.05) is 25.3 Å². The van der Waals surface area contributed by atoms with Gasteiger partial charge in [-0.2, -0.15) is 0 Å². The molecule has 1 saturated heterocycles. The fourth-order valence-corrected chi connectivity index (χ4v) is 2.98. The Bertz CT molecular complexity index is 660. The van der Waals surface area contributed by atoms with E-state index in [-0.39, 0.29) is 0 Å². The second-order valence-electron chi connectivity index (χ2n) is 6.01. The summed E-state index contributed by atoms with van der Waals surface area (Å²) >= 11 is 5.56. The van der Waals surface area contributed by atoms with Crippen LogP contribution < -0.4 is 10.1 Å². The molecule has 0 aromatic heterocycles. The topological polar surface area (TPSA) is 27.7 Å². The number of nitrogens with one attached hydrogen (secondary N) is 1. The number of ether oxygens (including phenoxy) is 1. The maximum absolute atomic E-state index is 5.81. The third-order valence-electron chi connectivity index (χ3n) is 4.09. The van der Waals surface area contributed by atoms with Crippen LogP contribution in [0.25, 0.3) is 0 Å². The summed E-state index contributed by atoms with van der Waals surface area (Å²) in [7, 11) is 2.16. The second-order valence-corrected chi connectivity index (χ2v) is 6.40. The van der Waals surface area contributed by atoms with Crippen molar-refractivity contribution in [2.24, 2.45) is 0 Å². The summed E-state index contributed by atoms with van der Waals surface area (Å²) < 4.78 is 5.81. The largest absolute Gasteiger partial charge is 0.457 e. The highest BCUT2D eigenvalue weighted by molar-refractivity contribution is 7.80. The maximum atomic E-state index is 5.81. The highest BCUT2D eigenvalue weighted by Crippen LogP contribution is 2.22. The van der Waals surface area contributed by atoms with Crippen molar-refractivity contribution in [1.82, 2.24) is 9.80 Å². The molecule has 1 aliphatic rings. The van der Waals surface area contributed by atoms with Crippen LogP contribution in [0.15, 0.2) is 54.6 Å². The molecule has 2 aromatic rings. The Kier molecular flexibility index (Phi) is 5.67. The number of benzene rings is 2. The fourth-order valence-electron chi connectivity index (χ4n) is 2.68. The minimum absolute atomic E-state index is 0.794. The van der Waals surface area contributed by atoms with E-state index in [0.29, 0.717) is 0 Å². The van der Waals surface area contributed by atoms with Crippen molar-refractivity contribution in [3.63, 3.8) is 0 Å². The molecule has 0 unspecified atom stereocenters. The summed E-state index contributed by atoms with van der Waals surface area (Å²) in [6.07, 6.45) is 1.14. The lowest BCUT2D eigenvalue weighted by atomic mass is 10.3. The summed E-state index contributed by atoms with van der Waals surface area (Å²) in [6, 6.07) is 17.7. The molecular weight excluding hydrogens is 318 g/mol. The Hall–Kier alpha value is -2.11. The van der Waals surface area contributed by atoms with Gasteiger partial charge in [-0.1, -0.05) is 18.2 Å². The summed E-state index contributed by atoms with van der Waals surface area (Å²) in [5, 5.41) is 4.12. The van der Waals surface area contributed by atoms with E-state index >= 15 is 0 Å². The van der Waals surface area contributed by atoms with Crippen molar-refractivity contribution in [1.29, 1.82) is 0 Å². The second kappa shape index (κ2) is 8.13. The molecule has 2 aromatic carbocycles. The summed E-state index contributed by atoms with van der Waals surface area (Å²) in [5.41, 5.74) is 0.984. The zero-order valence-electron chi connectivity index (χ0n) is 13.9. The van der Waals surface area contributed by atoms with Crippen molar-refractivity contribution < 1.29 is 4.74 Å². The van der Waals surface area contributed by atoms with Gasteiger partial charge >= 0.3 is 0 Å². The van der Waals surface area contributed by atoms with Crippen LogP contribution in [-0.2, 0) is 0 Å². The van der Waals surface area contributed by atoms with E-state index in [9.17, 15) is 0 Å². The highest BCUT2D eigenvalue weighted by Gasteiger charge is 2.14. The third kappa shape index (κ3) is 4.69. The van der Waals surface area contributed by atoms with Crippen LogP contribution in [0.4, 0.5) is 5.69 Å². The van der Waals surface area contributed by atoms with E-state index in [1.165, 1.54) is 0 Å². The van der Waals surface area contributed by atoms with Gasteiger partial charge < -0.3 is 19.9 Å². The molecule has 1 fully saturated rings. The summed E-state index contributed by atoms with van der Waals surface area (Å²) in [6.45, 7) is 4.15.